The molecule has 1 saturated heterocycles. The summed E-state index contributed by atoms with van der Waals surface area (Å²) in [7, 11) is 0. The van der Waals surface area contributed by atoms with E-state index in [0.29, 0.717) is 25.6 Å². The van der Waals surface area contributed by atoms with Gasteiger partial charge in [0.25, 0.3) is 0 Å². The average molecular weight is 372 g/mol. The Bertz CT molecular complexity index is 850. The number of nitrogens with zero attached hydrogens (tertiary/aromatic N) is 4. The minimum Gasteiger partial charge on any atom is -0.352 e. The molecule has 0 bridgehead atoms. The second-order valence-corrected chi connectivity index (χ2v) is 7.26. The maximum atomic E-state index is 11.6. The first kappa shape index (κ1) is 16.0. The molecule has 7 nitrogen and oxygen atoms in total. The molecule has 0 saturated carbocycles. The quantitative estimate of drug-likeness (QED) is 0.695. The Morgan fingerprint density at radius 3 is 2.96 bits per heavy atom. The summed E-state index contributed by atoms with van der Waals surface area (Å²) >= 11 is 3.21. The van der Waals surface area contributed by atoms with Gasteiger partial charge in [0.2, 0.25) is 5.95 Å². The lowest BCUT2D eigenvalue weighted by Crippen LogP contribution is -2.32. The number of thiazole rings is 1. The Labute approximate surface area is 152 Å². The molecule has 1 aliphatic heterocycles. The van der Waals surface area contributed by atoms with E-state index in [1.807, 2.05) is 29.1 Å². The van der Waals surface area contributed by atoms with Crippen molar-refractivity contribution in [2.24, 2.45) is 0 Å². The van der Waals surface area contributed by atoms with E-state index >= 15 is 0 Å². The van der Waals surface area contributed by atoms with Gasteiger partial charge in [0.05, 0.1) is 16.1 Å². The molecule has 1 fully saturated rings. The third-order valence-corrected chi connectivity index (χ3v) is 5.50. The third kappa shape index (κ3) is 3.47. The summed E-state index contributed by atoms with van der Waals surface area (Å²) in [5, 5.41) is 10.9. The summed E-state index contributed by atoms with van der Waals surface area (Å²) in [4.78, 5) is 27.9. The summed E-state index contributed by atoms with van der Waals surface area (Å²) in [6.07, 6.45) is 3.59. The Hall–Kier alpha value is -2.52. The second-order valence-electron chi connectivity index (χ2n) is 5.42. The largest absolute Gasteiger partial charge is 0.352 e. The lowest BCUT2D eigenvalue weighted by atomic mass is 10.2. The van der Waals surface area contributed by atoms with Gasteiger partial charge in [-0.05, 0) is 11.4 Å². The van der Waals surface area contributed by atoms with Crippen molar-refractivity contribution in [1.29, 1.82) is 0 Å². The molecule has 4 heterocycles. The van der Waals surface area contributed by atoms with Crippen LogP contribution in [-0.2, 0) is 0 Å². The number of thiophene rings is 1. The molecule has 9 heteroatoms. The van der Waals surface area contributed by atoms with Crippen molar-refractivity contribution in [3.8, 4) is 21.1 Å². The lowest BCUT2D eigenvalue weighted by molar-refractivity contribution is 0.219. The zero-order valence-corrected chi connectivity index (χ0v) is 14.9. The van der Waals surface area contributed by atoms with Gasteiger partial charge in [-0.1, -0.05) is 6.07 Å². The first-order valence-corrected chi connectivity index (χ1v) is 9.64. The number of carbonyl (C=O) groups excluding carboxylic acids is 1. The molecule has 128 valence electrons. The van der Waals surface area contributed by atoms with Crippen molar-refractivity contribution < 1.29 is 4.79 Å². The summed E-state index contributed by atoms with van der Waals surface area (Å²) in [5.74, 6) is 0.559. The number of hydrogen-bond acceptors (Lipinski definition) is 7. The van der Waals surface area contributed by atoms with Crippen LogP contribution in [0.1, 0.15) is 0 Å². The van der Waals surface area contributed by atoms with Gasteiger partial charge >= 0.3 is 6.03 Å². The fourth-order valence-electron chi connectivity index (χ4n) is 2.61. The Morgan fingerprint density at radius 1 is 1.28 bits per heavy atom. The standard InChI is InChI=1S/C16H16N6OS2/c23-16-19-4-7-22(16)6-3-18-15-20-10-11(14-17-5-9-25-14)13(21-15)12-2-1-8-24-12/h1-2,5,8-10H,3-4,6-7H2,(H,19,23)(H,18,20,21). The van der Waals surface area contributed by atoms with E-state index in [1.165, 1.54) is 0 Å². The molecular formula is C16H16N6OS2. The van der Waals surface area contributed by atoms with Crippen LogP contribution in [0.4, 0.5) is 10.7 Å². The number of urea groups is 1. The molecule has 1 aliphatic rings. The summed E-state index contributed by atoms with van der Waals surface area (Å²) in [6, 6.07) is 4.04. The van der Waals surface area contributed by atoms with E-state index in [1.54, 1.807) is 33.8 Å². The van der Waals surface area contributed by atoms with Gasteiger partial charge in [-0.25, -0.2) is 19.7 Å². The summed E-state index contributed by atoms with van der Waals surface area (Å²) < 4.78 is 0. The van der Waals surface area contributed by atoms with Crippen LogP contribution in [0.15, 0.2) is 35.3 Å². The van der Waals surface area contributed by atoms with Crippen LogP contribution in [0, 0.1) is 0 Å². The van der Waals surface area contributed by atoms with Crippen molar-refractivity contribution in [3.63, 3.8) is 0 Å². The van der Waals surface area contributed by atoms with E-state index in [4.69, 9.17) is 4.98 Å². The van der Waals surface area contributed by atoms with Gasteiger partial charge in [-0.3, -0.25) is 0 Å². The van der Waals surface area contributed by atoms with Crippen LogP contribution in [0.5, 0.6) is 0 Å². The van der Waals surface area contributed by atoms with Crippen LogP contribution < -0.4 is 10.6 Å². The minimum absolute atomic E-state index is 0.0129. The number of hydrogen-bond donors (Lipinski definition) is 2. The van der Waals surface area contributed by atoms with Gasteiger partial charge in [-0.2, -0.15) is 0 Å². The van der Waals surface area contributed by atoms with E-state index < -0.39 is 0 Å². The number of rotatable bonds is 6. The maximum Gasteiger partial charge on any atom is 0.317 e. The number of anilines is 1. The molecule has 0 spiro atoms. The highest BCUT2D eigenvalue weighted by molar-refractivity contribution is 7.14. The molecule has 0 aliphatic carbocycles. The normalized spacial score (nSPS) is 13.9. The van der Waals surface area contributed by atoms with Crippen LogP contribution in [0.2, 0.25) is 0 Å². The monoisotopic (exact) mass is 372 g/mol. The van der Waals surface area contributed by atoms with Crippen molar-refractivity contribution in [3.05, 3.63) is 35.3 Å². The second kappa shape index (κ2) is 7.16. The van der Waals surface area contributed by atoms with Crippen LogP contribution in [-0.4, -0.2) is 52.1 Å². The van der Waals surface area contributed by atoms with E-state index in [0.717, 1.165) is 27.7 Å². The van der Waals surface area contributed by atoms with Crippen LogP contribution in [0.3, 0.4) is 0 Å². The molecule has 3 aromatic rings. The summed E-state index contributed by atoms with van der Waals surface area (Å²) in [6.45, 7) is 2.68. The molecule has 4 rings (SSSR count). The SMILES string of the molecule is O=C1NCCN1CCNc1ncc(-c2nccs2)c(-c2cccs2)n1. The predicted octanol–water partition coefficient (Wildman–Crippen LogP) is 2.77. The Morgan fingerprint density at radius 2 is 2.24 bits per heavy atom. The van der Waals surface area contributed by atoms with Gasteiger partial charge in [-0.15, -0.1) is 22.7 Å². The summed E-state index contributed by atoms with van der Waals surface area (Å²) in [5.41, 5.74) is 1.81. The fraction of sp³-hybridized carbons (Fsp3) is 0.250. The van der Waals surface area contributed by atoms with Crippen LogP contribution >= 0.6 is 22.7 Å². The number of carbonyl (C=O) groups is 1. The maximum absolute atomic E-state index is 11.6. The van der Waals surface area contributed by atoms with Gasteiger partial charge in [0.15, 0.2) is 0 Å². The molecular weight excluding hydrogens is 356 g/mol. The molecule has 0 aromatic carbocycles. The highest BCUT2D eigenvalue weighted by Gasteiger charge is 2.19. The topological polar surface area (TPSA) is 83.0 Å². The average Bonchev–Trinajstić information content (AvgIpc) is 3.38. The Kier molecular flexibility index (Phi) is 4.57. The Balaban J connectivity index is 1.53. The zero-order valence-electron chi connectivity index (χ0n) is 13.3. The number of amides is 2. The molecule has 2 N–H and O–H groups in total. The minimum atomic E-state index is -0.0129. The zero-order chi connectivity index (χ0) is 17.1. The predicted molar refractivity (Wildman–Crippen MR) is 99.9 cm³/mol. The van der Waals surface area contributed by atoms with E-state index in [-0.39, 0.29) is 6.03 Å². The van der Waals surface area contributed by atoms with Gasteiger partial charge in [0, 0.05) is 44.0 Å². The highest BCUT2D eigenvalue weighted by atomic mass is 32.1. The molecule has 0 atom stereocenters. The van der Waals surface area contributed by atoms with E-state index in [9.17, 15) is 4.79 Å². The number of aromatic nitrogens is 3. The van der Waals surface area contributed by atoms with E-state index in [2.05, 4.69) is 20.6 Å². The highest BCUT2D eigenvalue weighted by Crippen LogP contribution is 2.34. The molecule has 3 aromatic heterocycles. The van der Waals surface area contributed by atoms with Crippen LogP contribution in [0.25, 0.3) is 21.1 Å². The lowest BCUT2D eigenvalue weighted by Gasteiger charge is -2.14. The fourth-order valence-corrected chi connectivity index (χ4v) is 3.99. The first-order valence-electron chi connectivity index (χ1n) is 7.89. The third-order valence-electron chi connectivity index (χ3n) is 3.82. The molecule has 0 radical (unpaired) electrons. The first-order chi connectivity index (χ1) is 12.3. The number of nitrogens with one attached hydrogen (secondary N) is 2. The van der Waals surface area contributed by atoms with Gasteiger partial charge in [0.1, 0.15) is 5.01 Å². The van der Waals surface area contributed by atoms with Crippen molar-refractivity contribution in [2.45, 2.75) is 0 Å². The smallest absolute Gasteiger partial charge is 0.317 e. The molecule has 25 heavy (non-hydrogen) atoms. The van der Waals surface area contributed by atoms with Crippen molar-refractivity contribution >= 4 is 34.7 Å². The van der Waals surface area contributed by atoms with Crippen molar-refractivity contribution in [2.75, 3.05) is 31.5 Å². The molecule has 0 unspecified atom stereocenters. The van der Waals surface area contributed by atoms with Crippen molar-refractivity contribution in [1.82, 2.24) is 25.2 Å². The van der Waals surface area contributed by atoms with Gasteiger partial charge < -0.3 is 15.5 Å². The molecule has 2 amide bonds.